The minimum absolute atomic E-state index is 0.743. The average Bonchev–Trinajstić information content (AvgIpc) is 2.45. The van der Waals surface area contributed by atoms with Gasteiger partial charge in [0.05, 0.1) is 22.1 Å². The quantitative estimate of drug-likeness (QED) is 0.484. The summed E-state index contributed by atoms with van der Waals surface area (Å²) < 4.78 is 0. The highest BCUT2D eigenvalue weighted by Gasteiger charge is 2.14. The monoisotopic (exact) mass is 266 g/mol. The molecule has 0 radical (unpaired) electrons. The summed E-state index contributed by atoms with van der Waals surface area (Å²) in [4.78, 5) is 9.55. The summed E-state index contributed by atoms with van der Waals surface area (Å²) in [6.07, 6.45) is 0. The number of aryl methyl sites for hydroxylation is 3. The number of benzene rings is 2. The lowest BCUT2D eigenvalue weighted by atomic mass is 10.0. The maximum absolute atomic E-state index is 6.16. The lowest BCUT2D eigenvalue weighted by molar-refractivity contribution is 1.27. The molecule has 0 spiro atoms. The van der Waals surface area contributed by atoms with E-state index in [1.165, 1.54) is 0 Å². The molecule has 0 bridgehead atoms. The first-order chi connectivity index (χ1) is 9.41. The number of hydrogen-bond donors (Lipinski definition) is 2. The summed E-state index contributed by atoms with van der Waals surface area (Å²) >= 11 is 0. The molecule has 4 N–H and O–H groups in total. The van der Waals surface area contributed by atoms with E-state index in [0.717, 1.165) is 55.7 Å². The van der Waals surface area contributed by atoms with Crippen molar-refractivity contribution in [3.8, 4) is 0 Å². The molecule has 4 nitrogen and oxygen atoms in total. The molecule has 4 heteroatoms. The minimum atomic E-state index is 0.743. The zero-order valence-corrected chi connectivity index (χ0v) is 12.2. The molecule has 0 aliphatic heterocycles. The topological polar surface area (TPSA) is 77.8 Å². The second-order valence-electron chi connectivity index (χ2n) is 5.36. The molecule has 1 heterocycles. The number of anilines is 2. The predicted molar refractivity (Wildman–Crippen MR) is 84.8 cm³/mol. The van der Waals surface area contributed by atoms with Crippen molar-refractivity contribution in [1.29, 1.82) is 0 Å². The second-order valence-corrected chi connectivity index (χ2v) is 5.36. The fraction of sp³-hybridized carbons (Fsp3) is 0.250. The van der Waals surface area contributed by atoms with Crippen molar-refractivity contribution in [2.75, 3.05) is 11.5 Å². The molecule has 3 aromatic rings. The molecule has 3 rings (SSSR count). The summed E-state index contributed by atoms with van der Waals surface area (Å²) in [5, 5.41) is 0. The fourth-order valence-electron chi connectivity index (χ4n) is 2.58. The van der Waals surface area contributed by atoms with Crippen molar-refractivity contribution < 1.29 is 0 Å². The smallest absolute Gasteiger partial charge is 0.0947 e. The van der Waals surface area contributed by atoms with Gasteiger partial charge in [-0.05, 0) is 56.5 Å². The lowest BCUT2D eigenvalue weighted by Crippen LogP contribution is -2.02. The molecule has 0 saturated heterocycles. The molecule has 0 atom stereocenters. The van der Waals surface area contributed by atoms with E-state index in [2.05, 4.69) is 0 Å². The van der Waals surface area contributed by atoms with Crippen LogP contribution in [0.4, 0.5) is 11.4 Å². The Kier molecular flexibility index (Phi) is 2.57. The molecule has 0 saturated carbocycles. The highest BCUT2D eigenvalue weighted by molar-refractivity contribution is 5.95. The van der Waals surface area contributed by atoms with E-state index in [9.17, 15) is 0 Å². The summed E-state index contributed by atoms with van der Waals surface area (Å²) in [6, 6.07) is 3.78. The first-order valence-electron chi connectivity index (χ1n) is 6.63. The molecule has 20 heavy (non-hydrogen) atoms. The molecular weight excluding hydrogens is 248 g/mol. The van der Waals surface area contributed by atoms with Crippen LogP contribution in [-0.2, 0) is 0 Å². The molecule has 0 fully saturated rings. The molecule has 0 amide bonds. The van der Waals surface area contributed by atoms with Gasteiger partial charge in [0, 0.05) is 16.9 Å². The Hall–Kier alpha value is -2.36. The first-order valence-corrected chi connectivity index (χ1v) is 6.63. The van der Waals surface area contributed by atoms with Crippen molar-refractivity contribution in [2.24, 2.45) is 0 Å². The van der Waals surface area contributed by atoms with Crippen LogP contribution in [0.25, 0.3) is 22.1 Å². The maximum atomic E-state index is 6.16. The van der Waals surface area contributed by atoms with Crippen molar-refractivity contribution in [1.82, 2.24) is 9.97 Å². The van der Waals surface area contributed by atoms with Crippen LogP contribution < -0.4 is 11.5 Å². The number of fused-ring (bicyclic) bond motifs is 2. The van der Waals surface area contributed by atoms with Crippen molar-refractivity contribution in [3.63, 3.8) is 0 Å². The Labute approximate surface area is 117 Å². The molecule has 0 aliphatic rings. The Balaban J connectivity index is 2.58. The Morgan fingerprint density at radius 3 is 2.05 bits per heavy atom. The number of nitrogens with zero attached hydrogens (tertiary/aromatic N) is 2. The maximum Gasteiger partial charge on any atom is 0.0947 e. The van der Waals surface area contributed by atoms with Crippen LogP contribution in [0.5, 0.6) is 0 Å². The van der Waals surface area contributed by atoms with E-state index in [1.54, 1.807) is 0 Å². The van der Waals surface area contributed by atoms with E-state index < -0.39 is 0 Å². The van der Waals surface area contributed by atoms with Gasteiger partial charge in [0.2, 0.25) is 0 Å². The van der Waals surface area contributed by atoms with Crippen molar-refractivity contribution in [2.45, 2.75) is 27.7 Å². The van der Waals surface area contributed by atoms with E-state index in [1.807, 2.05) is 39.8 Å². The number of aromatic nitrogens is 2. The van der Waals surface area contributed by atoms with E-state index in [4.69, 9.17) is 21.4 Å². The van der Waals surface area contributed by atoms with E-state index >= 15 is 0 Å². The molecule has 0 aliphatic carbocycles. The number of nitrogen functional groups attached to an aromatic ring is 2. The van der Waals surface area contributed by atoms with Crippen LogP contribution >= 0.6 is 0 Å². The van der Waals surface area contributed by atoms with Gasteiger partial charge < -0.3 is 11.5 Å². The highest BCUT2D eigenvalue weighted by atomic mass is 14.8. The van der Waals surface area contributed by atoms with Crippen LogP contribution in [0, 0.1) is 27.7 Å². The highest BCUT2D eigenvalue weighted by Crippen LogP contribution is 2.31. The molecule has 102 valence electrons. The zero-order valence-electron chi connectivity index (χ0n) is 12.2. The Bertz CT molecular complexity index is 866. The van der Waals surface area contributed by atoms with Gasteiger partial charge in [0.25, 0.3) is 0 Å². The minimum Gasteiger partial charge on any atom is -0.398 e. The summed E-state index contributed by atoms with van der Waals surface area (Å²) in [6.45, 7) is 8.03. The summed E-state index contributed by atoms with van der Waals surface area (Å²) in [7, 11) is 0. The van der Waals surface area contributed by atoms with Gasteiger partial charge in [0.1, 0.15) is 0 Å². The van der Waals surface area contributed by atoms with Gasteiger partial charge in [-0.15, -0.1) is 0 Å². The van der Waals surface area contributed by atoms with Crippen molar-refractivity contribution >= 4 is 33.4 Å². The predicted octanol–water partition coefficient (Wildman–Crippen LogP) is 3.18. The van der Waals surface area contributed by atoms with Crippen LogP contribution in [0.3, 0.4) is 0 Å². The Morgan fingerprint density at radius 2 is 1.35 bits per heavy atom. The van der Waals surface area contributed by atoms with Gasteiger partial charge >= 0.3 is 0 Å². The van der Waals surface area contributed by atoms with Crippen molar-refractivity contribution in [3.05, 3.63) is 34.4 Å². The van der Waals surface area contributed by atoms with Gasteiger partial charge in [-0.2, -0.15) is 0 Å². The standard InChI is InChI=1S/C16H18N4/c1-7-8(2)15-16(10(4)13(7)18)19-12-6-5-11(17)9(3)14(12)20-15/h5-6H,17-18H2,1-4H3. The zero-order chi connectivity index (χ0) is 14.6. The Morgan fingerprint density at radius 1 is 0.700 bits per heavy atom. The van der Waals surface area contributed by atoms with E-state index in [-0.39, 0.29) is 0 Å². The van der Waals surface area contributed by atoms with E-state index in [0.29, 0.717) is 0 Å². The summed E-state index contributed by atoms with van der Waals surface area (Å²) in [5.74, 6) is 0. The molecule has 2 aromatic carbocycles. The van der Waals surface area contributed by atoms with Crippen LogP contribution in [0.15, 0.2) is 12.1 Å². The third-order valence-electron chi connectivity index (χ3n) is 4.21. The van der Waals surface area contributed by atoms with Crippen LogP contribution in [0.2, 0.25) is 0 Å². The van der Waals surface area contributed by atoms with Crippen LogP contribution in [0.1, 0.15) is 22.3 Å². The van der Waals surface area contributed by atoms with Gasteiger partial charge in [-0.1, -0.05) is 0 Å². The van der Waals surface area contributed by atoms with Gasteiger partial charge in [-0.3, -0.25) is 0 Å². The SMILES string of the molecule is Cc1c(N)c(C)c2nc3ccc(N)c(C)c3nc2c1C. The normalized spacial score (nSPS) is 11.4. The molecule has 0 unspecified atom stereocenters. The van der Waals surface area contributed by atoms with Crippen LogP contribution in [-0.4, -0.2) is 9.97 Å². The lowest BCUT2D eigenvalue weighted by Gasteiger charge is -2.14. The largest absolute Gasteiger partial charge is 0.398 e. The first kappa shape index (κ1) is 12.7. The molecule has 1 aromatic heterocycles. The fourth-order valence-corrected chi connectivity index (χ4v) is 2.58. The third-order valence-corrected chi connectivity index (χ3v) is 4.21. The summed E-state index contributed by atoms with van der Waals surface area (Å²) in [5.41, 5.74) is 21.3. The third kappa shape index (κ3) is 1.54. The molecular formula is C16H18N4. The number of nitrogens with two attached hydrogens (primary N) is 2. The van der Waals surface area contributed by atoms with Gasteiger partial charge in [-0.25, -0.2) is 9.97 Å². The number of hydrogen-bond acceptors (Lipinski definition) is 4. The second kappa shape index (κ2) is 4.07. The van der Waals surface area contributed by atoms with Gasteiger partial charge in [0.15, 0.2) is 0 Å². The number of rotatable bonds is 0. The average molecular weight is 266 g/mol.